The number of H-pyrrole nitrogens is 1. The Balaban J connectivity index is 1.51. The molecule has 3 aromatic rings. The Morgan fingerprint density at radius 3 is 2.68 bits per heavy atom. The maximum Gasteiger partial charge on any atom is 0.259 e. The maximum atomic E-state index is 11.9. The molecule has 0 aliphatic carbocycles. The van der Waals surface area contributed by atoms with E-state index >= 15 is 0 Å². The number of fused-ring (bicyclic) bond motifs is 1. The van der Waals surface area contributed by atoms with E-state index in [4.69, 9.17) is 0 Å². The van der Waals surface area contributed by atoms with E-state index in [2.05, 4.69) is 20.8 Å². The van der Waals surface area contributed by atoms with E-state index in [0.29, 0.717) is 5.56 Å². The molecular weight excluding hydrogens is 316 g/mol. The molecule has 0 aliphatic heterocycles. The predicted octanol–water partition coefficient (Wildman–Crippen LogP) is 2.36. The van der Waals surface area contributed by atoms with Crippen LogP contribution in [0.2, 0.25) is 0 Å². The van der Waals surface area contributed by atoms with Gasteiger partial charge in [0.05, 0.1) is 12.8 Å². The number of amides is 2. The van der Waals surface area contributed by atoms with Gasteiger partial charge >= 0.3 is 0 Å². The molecule has 25 heavy (non-hydrogen) atoms. The minimum Gasteiger partial charge on any atom is -0.361 e. The minimum absolute atomic E-state index is 0.141. The number of benzene rings is 2. The highest BCUT2D eigenvalue weighted by atomic mass is 16.2. The van der Waals surface area contributed by atoms with E-state index in [-0.39, 0.29) is 12.5 Å². The lowest BCUT2D eigenvalue weighted by Crippen LogP contribution is -2.34. The molecule has 1 heterocycles. The second-order valence-electron chi connectivity index (χ2n) is 5.63. The number of nitrogens with zero attached hydrogens (tertiary/aromatic N) is 1. The zero-order chi connectivity index (χ0) is 17.6. The van der Waals surface area contributed by atoms with Crippen molar-refractivity contribution in [2.24, 2.45) is 5.10 Å². The fraction of sp³-hybridized carbons (Fsp3) is 0.105. The van der Waals surface area contributed by atoms with Gasteiger partial charge in [-0.05, 0) is 25.1 Å². The number of hydrogen-bond donors (Lipinski definition) is 3. The Bertz CT molecular complexity index is 926. The summed E-state index contributed by atoms with van der Waals surface area (Å²) in [5, 5.41) is 7.51. The first-order valence-corrected chi connectivity index (χ1v) is 7.86. The Morgan fingerprint density at radius 2 is 1.88 bits per heavy atom. The molecule has 3 rings (SSSR count). The summed E-state index contributed by atoms with van der Waals surface area (Å²) in [6.45, 7) is 1.80. The minimum atomic E-state index is -0.392. The Hall–Kier alpha value is -3.41. The van der Waals surface area contributed by atoms with E-state index in [1.165, 1.54) is 0 Å². The van der Waals surface area contributed by atoms with Crippen LogP contribution in [0.4, 0.5) is 0 Å². The fourth-order valence-electron chi connectivity index (χ4n) is 2.38. The van der Waals surface area contributed by atoms with Crippen molar-refractivity contribution in [3.05, 3.63) is 71.4 Å². The molecular formula is C19H18N4O2. The summed E-state index contributed by atoms with van der Waals surface area (Å²) >= 11 is 0. The summed E-state index contributed by atoms with van der Waals surface area (Å²) < 4.78 is 0. The number of aromatic amines is 1. The Morgan fingerprint density at radius 1 is 1.12 bits per heavy atom. The molecule has 0 bridgehead atoms. The SMILES string of the molecule is Cc1ccc(C(=O)NCC(=O)N/N=C\c2c[nH]c3ccccc23)cc1. The van der Waals surface area contributed by atoms with Crippen LogP contribution < -0.4 is 10.7 Å². The second kappa shape index (κ2) is 7.44. The van der Waals surface area contributed by atoms with Gasteiger partial charge in [0, 0.05) is 28.2 Å². The summed E-state index contributed by atoms with van der Waals surface area (Å²) in [6.07, 6.45) is 3.39. The molecule has 6 heteroatoms. The van der Waals surface area contributed by atoms with Crippen molar-refractivity contribution in [1.82, 2.24) is 15.7 Å². The monoisotopic (exact) mass is 334 g/mol. The third-order valence-electron chi connectivity index (χ3n) is 3.74. The number of carbonyl (C=O) groups excluding carboxylic acids is 2. The molecule has 0 unspecified atom stereocenters. The number of rotatable bonds is 5. The lowest BCUT2D eigenvalue weighted by Gasteiger charge is -2.04. The average molecular weight is 334 g/mol. The quantitative estimate of drug-likeness (QED) is 0.494. The molecule has 0 saturated heterocycles. The highest BCUT2D eigenvalue weighted by molar-refractivity contribution is 5.99. The Labute approximate surface area is 144 Å². The molecule has 0 radical (unpaired) electrons. The molecule has 3 N–H and O–H groups in total. The predicted molar refractivity (Wildman–Crippen MR) is 97.5 cm³/mol. The van der Waals surface area contributed by atoms with E-state index < -0.39 is 5.91 Å². The third-order valence-corrected chi connectivity index (χ3v) is 3.74. The summed E-state index contributed by atoms with van der Waals surface area (Å²) in [7, 11) is 0. The van der Waals surface area contributed by atoms with Gasteiger partial charge in [-0.15, -0.1) is 0 Å². The number of para-hydroxylation sites is 1. The van der Waals surface area contributed by atoms with Gasteiger partial charge in [0.2, 0.25) is 0 Å². The molecule has 0 spiro atoms. The van der Waals surface area contributed by atoms with Gasteiger partial charge in [0.1, 0.15) is 0 Å². The number of hydrogen-bond acceptors (Lipinski definition) is 3. The standard InChI is InChI=1S/C19H18N4O2/c1-13-6-8-14(9-7-13)19(25)21-12-18(24)23-22-11-15-10-20-17-5-3-2-4-16(15)17/h2-11,20H,12H2,1H3,(H,21,25)(H,23,24)/b22-11-. The van der Waals surface area contributed by atoms with Crippen molar-refractivity contribution in [3.63, 3.8) is 0 Å². The third kappa shape index (κ3) is 4.11. The normalized spacial score (nSPS) is 10.9. The highest BCUT2D eigenvalue weighted by Gasteiger charge is 2.07. The zero-order valence-corrected chi connectivity index (χ0v) is 13.7. The van der Waals surface area contributed by atoms with Crippen molar-refractivity contribution < 1.29 is 9.59 Å². The number of aryl methyl sites for hydroxylation is 1. The van der Waals surface area contributed by atoms with Crippen LogP contribution in [-0.2, 0) is 4.79 Å². The summed E-state index contributed by atoms with van der Waals surface area (Å²) in [6, 6.07) is 14.9. The van der Waals surface area contributed by atoms with Crippen LogP contribution in [0.25, 0.3) is 10.9 Å². The van der Waals surface area contributed by atoms with Gasteiger partial charge in [0.15, 0.2) is 0 Å². The second-order valence-corrected chi connectivity index (χ2v) is 5.63. The van der Waals surface area contributed by atoms with E-state index in [9.17, 15) is 9.59 Å². The number of carbonyl (C=O) groups is 2. The molecule has 126 valence electrons. The molecule has 0 fully saturated rings. The van der Waals surface area contributed by atoms with Gasteiger partial charge in [-0.3, -0.25) is 9.59 Å². The van der Waals surface area contributed by atoms with Crippen LogP contribution in [-0.4, -0.2) is 29.6 Å². The molecule has 0 saturated carbocycles. The van der Waals surface area contributed by atoms with Crippen molar-refractivity contribution in [2.75, 3.05) is 6.54 Å². The average Bonchev–Trinajstić information content (AvgIpc) is 3.04. The van der Waals surface area contributed by atoms with Gasteiger partial charge < -0.3 is 10.3 Å². The number of nitrogens with one attached hydrogen (secondary N) is 3. The first kappa shape index (κ1) is 16.4. The van der Waals surface area contributed by atoms with Gasteiger partial charge in [-0.1, -0.05) is 35.9 Å². The number of hydrazone groups is 1. The van der Waals surface area contributed by atoms with Crippen molar-refractivity contribution in [2.45, 2.75) is 6.92 Å². The molecule has 1 aromatic heterocycles. The molecule has 0 atom stereocenters. The Kier molecular flexibility index (Phi) is 4.89. The molecule has 2 aromatic carbocycles. The zero-order valence-electron chi connectivity index (χ0n) is 13.7. The molecule has 6 nitrogen and oxygen atoms in total. The highest BCUT2D eigenvalue weighted by Crippen LogP contribution is 2.15. The maximum absolute atomic E-state index is 11.9. The van der Waals surface area contributed by atoms with Crippen molar-refractivity contribution >= 4 is 28.9 Å². The smallest absolute Gasteiger partial charge is 0.259 e. The lowest BCUT2D eigenvalue weighted by molar-refractivity contribution is -0.120. The van der Waals surface area contributed by atoms with E-state index in [0.717, 1.165) is 22.0 Å². The molecule has 0 aliphatic rings. The van der Waals surface area contributed by atoms with Crippen LogP contribution in [0.3, 0.4) is 0 Å². The van der Waals surface area contributed by atoms with Crippen LogP contribution in [0, 0.1) is 6.92 Å². The fourth-order valence-corrected chi connectivity index (χ4v) is 2.38. The van der Waals surface area contributed by atoms with Crippen LogP contribution in [0.1, 0.15) is 21.5 Å². The summed E-state index contributed by atoms with van der Waals surface area (Å²) in [5.74, 6) is -0.688. The molecule has 2 amide bonds. The number of aromatic nitrogens is 1. The van der Waals surface area contributed by atoms with Crippen LogP contribution >= 0.6 is 0 Å². The topological polar surface area (TPSA) is 86.3 Å². The summed E-state index contributed by atoms with van der Waals surface area (Å²) in [4.78, 5) is 26.8. The first-order chi connectivity index (χ1) is 12.1. The summed E-state index contributed by atoms with van der Waals surface area (Å²) in [5.41, 5.74) is 5.86. The van der Waals surface area contributed by atoms with E-state index in [1.54, 1.807) is 18.3 Å². The largest absolute Gasteiger partial charge is 0.361 e. The van der Waals surface area contributed by atoms with Gasteiger partial charge in [-0.25, -0.2) is 5.43 Å². The van der Waals surface area contributed by atoms with Crippen molar-refractivity contribution in [1.29, 1.82) is 0 Å². The first-order valence-electron chi connectivity index (χ1n) is 7.86. The lowest BCUT2D eigenvalue weighted by atomic mass is 10.1. The van der Waals surface area contributed by atoms with Gasteiger partial charge in [-0.2, -0.15) is 5.10 Å². The van der Waals surface area contributed by atoms with Crippen molar-refractivity contribution in [3.8, 4) is 0 Å². The van der Waals surface area contributed by atoms with Gasteiger partial charge in [0.25, 0.3) is 11.8 Å². The van der Waals surface area contributed by atoms with Crippen LogP contribution in [0.15, 0.2) is 59.8 Å². The van der Waals surface area contributed by atoms with E-state index in [1.807, 2.05) is 49.5 Å². The van der Waals surface area contributed by atoms with Crippen LogP contribution in [0.5, 0.6) is 0 Å².